The standard InChI is InChI=1S/C14H14N4O5/c1-5-16-6-2-3-8(19)11(15)10(6)14(23)18(5)7-4-9(20)13(22)17-12(7)21/h2-3,7,13,19,22H,4,15H2,1H3,(H,17,21). The number of amides is 1. The smallest absolute Gasteiger partial charge is 0.264 e. The highest BCUT2D eigenvalue weighted by atomic mass is 16.3. The molecule has 2 heterocycles. The van der Waals surface area contributed by atoms with Gasteiger partial charge in [-0.3, -0.25) is 19.0 Å². The predicted octanol–water partition coefficient (Wildman–Crippen LogP) is -1.06. The maximum Gasteiger partial charge on any atom is 0.264 e. The van der Waals surface area contributed by atoms with Gasteiger partial charge in [0.25, 0.3) is 5.56 Å². The number of hydrogen-bond donors (Lipinski definition) is 4. The Hall–Kier alpha value is -2.94. The number of aliphatic hydroxyl groups excluding tert-OH is 1. The van der Waals surface area contributed by atoms with Crippen LogP contribution in [-0.2, 0) is 9.59 Å². The quantitative estimate of drug-likeness (QED) is 0.387. The molecule has 0 spiro atoms. The molecule has 1 aliphatic rings. The van der Waals surface area contributed by atoms with Crippen LogP contribution in [0.2, 0.25) is 0 Å². The molecule has 120 valence electrons. The maximum absolute atomic E-state index is 12.7. The van der Waals surface area contributed by atoms with Gasteiger partial charge in [0.1, 0.15) is 17.6 Å². The summed E-state index contributed by atoms with van der Waals surface area (Å²) < 4.78 is 1.05. The number of nitrogen functional groups attached to an aromatic ring is 1. The number of nitrogens with two attached hydrogens (primary N) is 1. The summed E-state index contributed by atoms with van der Waals surface area (Å²) in [5.41, 5.74) is 5.24. The predicted molar refractivity (Wildman–Crippen MR) is 79.6 cm³/mol. The van der Waals surface area contributed by atoms with Gasteiger partial charge in [0.2, 0.25) is 5.91 Å². The SMILES string of the molecule is Cc1nc2ccc(O)c(N)c2c(=O)n1C1CC(=O)C(O)NC1=O. The average molecular weight is 318 g/mol. The second-order valence-corrected chi connectivity index (χ2v) is 5.32. The molecule has 23 heavy (non-hydrogen) atoms. The molecule has 9 heteroatoms. The van der Waals surface area contributed by atoms with Gasteiger partial charge >= 0.3 is 0 Å². The maximum atomic E-state index is 12.7. The number of nitrogens with zero attached hydrogens (tertiary/aromatic N) is 2. The van der Waals surface area contributed by atoms with Crippen molar-refractivity contribution in [3.8, 4) is 5.75 Å². The molecule has 2 aromatic rings. The van der Waals surface area contributed by atoms with Crippen LogP contribution in [0.25, 0.3) is 10.9 Å². The number of aromatic hydroxyl groups is 1. The van der Waals surface area contributed by atoms with Gasteiger partial charge in [-0.15, -0.1) is 0 Å². The van der Waals surface area contributed by atoms with E-state index >= 15 is 0 Å². The number of hydrogen-bond acceptors (Lipinski definition) is 7. The zero-order valence-electron chi connectivity index (χ0n) is 12.1. The fraction of sp³-hybridized carbons (Fsp3) is 0.286. The fourth-order valence-electron chi connectivity index (χ4n) is 2.69. The van der Waals surface area contributed by atoms with Gasteiger partial charge in [0.05, 0.1) is 16.6 Å². The summed E-state index contributed by atoms with van der Waals surface area (Å²) in [6, 6.07) is 1.63. The Morgan fingerprint density at radius 3 is 2.74 bits per heavy atom. The van der Waals surface area contributed by atoms with Crippen LogP contribution >= 0.6 is 0 Å². The van der Waals surface area contributed by atoms with Gasteiger partial charge in [-0.25, -0.2) is 4.98 Å². The van der Waals surface area contributed by atoms with E-state index in [0.29, 0.717) is 0 Å². The van der Waals surface area contributed by atoms with E-state index in [1.165, 1.54) is 19.1 Å². The van der Waals surface area contributed by atoms with Gasteiger partial charge in [-0.2, -0.15) is 0 Å². The number of Topliss-reactive ketones (excluding diaryl/α,β-unsaturated/α-hetero) is 1. The first-order valence-corrected chi connectivity index (χ1v) is 6.82. The molecular weight excluding hydrogens is 304 g/mol. The van der Waals surface area contributed by atoms with E-state index in [9.17, 15) is 24.6 Å². The number of phenols is 1. The van der Waals surface area contributed by atoms with Gasteiger partial charge in [0.15, 0.2) is 12.0 Å². The lowest BCUT2D eigenvalue weighted by atomic mass is 10.0. The molecule has 2 unspecified atom stereocenters. The number of carbonyl (C=O) groups excluding carboxylic acids is 2. The number of aliphatic hydroxyl groups is 1. The number of rotatable bonds is 1. The van der Waals surface area contributed by atoms with Crippen molar-refractivity contribution in [3.05, 3.63) is 28.3 Å². The monoisotopic (exact) mass is 318 g/mol. The Bertz CT molecular complexity index is 904. The number of nitrogens with one attached hydrogen (secondary N) is 1. The average Bonchev–Trinajstić information content (AvgIpc) is 2.48. The van der Waals surface area contributed by atoms with Crippen molar-refractivity contribution < 1.29 is 19.8 Å². The number of aryl methyl sites for hydroxylation is 1. The summed E-state index contributed by atoms with van der Waals surface area (Å²) in [4.78, 5) is 40.7. The van der Waals surface area contributed by atoms with Crippen LogP contribution < -0.4 is 16.6 Å². The highest BCUT2D eigenvalue weighted by molar-refractivity contribution is 5.97. The first-order valence-electron chi connectivity index (χ1n) is 6.82. The number of ketones is 1. The van der Waals surface area contributed by atoms with Crippen molar-refractivity contribution >= 4 is 28.3 Å². The van der Waals surface area contributed by atoms with Crippen molar-refractivity contribution in [2.45, 2.75) is 25.6 Å². The lowest BCUT2D eigenvalue weighted by molar-refractivity contribution is -0.143. The molecule has 1 aromatic heterocycles. The lowest BCUT2D eigenvalue weighted by Crippen LogP contribution is -2.52. The van der Waals surface area contributed by atoms with E-state index in [0.717, 1.165) is 4.57 Å². The molecule has 1 amide bonds. The molecule has 1 saturated heterocycles. The number of fused-ring (bicyclic) bond motifs is 1. The van der Waals surface area contributed by atoms with E-state index in [4.69, 9.17) is 5.73 Å². The third-order valence-corrected chi connectivity index (χ3v) is 3.86. The Kier molecular flexibility index (Phi) is 3.29. The topological polar surface area (TPSA) is 148 Å². The van der Waals surface area contributed by atoms with Gasteiger partial charge in [-0.1, -0.05) is 0 Å². The minimum Gasteiger partial charge on any atom is -0.506 e. The number of anilines is 1. The van der Waals surface area contributed by atoms with Crippen molar-refractivity contribution in [2.24, 2.45) is 0 Å². The van der Waals surface area contributed by atoms with Gasteiger partial charge in [-0.05, 0) is 19.1 Å². The van der Waals surface area contributed by atoms with Crippen LogP contribution in [0.15, 0.2) is 16.9 Å². The van der Waals surface area contributed by atoms with Crippen LogP contribution in [0.3, 0.4) is 0 Å². The summed E-state index contributed by atoms with van der Waals surface area (Å²) >= 11 is 0. The second kappa shape index (κ2) is 5.06. The molecule has 2 atom stereocenters. The van der Waals surface area contributed by atoms with Crippen LogP contribution in [0, 0.1) is 6.92 Å². The van der Waals surface area contributed by atoms with E-state index in [2.05, 4.69) is 10.3 Å². The number of aromatic nitrogens is 2. The molecule has 9 nitrogen and oxygen atoms in total. The minimum atomic E-state index is -1.57. The molecule has 0 bridgehead atoms. The zero-order valence-corrected chi connectivity index (χ0v) is 12.1. The van der Waals surface area contributed by atoms with Crippen molar-refractivity contribution in [1.82, 2.24) is 14.9 Å². The van der Waals surface area contributed by atoms with E-state index in [1.54, 1.807) is 0 Å². The molecule has 5 N–H and O–H groups in total. The molecule has 3 rings (SSSR count). The van der Waals surface area contributed by atoms with E-state index in [1.807, 2.05) is 0 Å². The minimum absolute atomic E-state index is 0.0260. The van der Waals surface area contributed by atoms with Crippen molar-refractivity contribution in [3.63, 3.8) is 0 Å². The summed E-state index contributed by atoms with van der Waals surface area (Å²) in [5, 5.41) is 21.1. The summed E-state index contributed by atoms with van der Waals surface area (Å²) in [6.07, 6.45) is -1.91. The van der Waals surface area contributed by atoms with E-state index < -0.39 is 29.5 Å². The Balaban J connectivity index is 2.26. The Morgan fingerprint density at radius 2 is 2.04 bits per heavy atom. The van der Waals surface area contributed by atoms with Gasteiger partial charge in [0, 0.05) is 6.42 Å². The molecule has 1 fully saturated rings. The molecular formula is C14H14N4O5. The Morgan fingerprint density at radius 1 is 1.35 bits per heavy atom. The number of piperidine rings is 1. The molecule has 0 aliphatic carbocycles. The normalized spacial score (nSPS) is 21.5. The largest absolute Gasteiger partial charge is 0.506 e. The first kappa shape index (κ1) is 15.0. The van der Waals surface area contributed by atoms with Crippen LogP contribution in [-0.4, -0.2) is 37.7 Å². The highest BCUT2D eigenvalue weighted by Crippen LogP contribution is 2.27. The third-order valence-electron chi connectivity index (χ3n) is 3.86. The van der Waals surface area contributed by atoms with Crippen LogP contribution in [0.4, 0.5) is 5.69 Å². The van der Waals surface area contributed by atoms with Crippen LogP contribution in [0.1, 0.15) is 18.3 Å². The number of phenolic OH excluding ortho intramolecular Hbond substituents is 1. The summed E-state index contributed by atoms with van der Waals surface area (Å²) in [5.74, 6) is -1.32. The fourth-order valence-corrected chi connectivity index (χ4v) is 2.69. The lowest BCUT2D eigenvalue weighted by Gasteiger charge is -2.27. The first-order chi connectivity index (χ1) is 10.8. The number of carbonyl (C=O) groups is 2. The molecule has 1 aliphatic heterocycles. The van der Waals surface area contributed by atoms with Crippen molar-refractivity contribution in [2.75, 3.05) is 5.73 Å². The highest BCUT2D eigenvalue weighted by Gasteiger charge is 2.36. The zero-order chi connectivity index (χ0) is 16.9. The van der Waals surface area contributed by atoms with Gasteiger partial charge < -0.3 is 21.3 Å². The third kappa shape index (κ3) is 2.21. The van der Waals surface area contributed by atoms with E-state index in [-0.39, 0.29) is 34.6 Å². The second-order valence-electron chi connectivity index (χ2n) is 5.32. The molecule has 0 saturated carbocycles. The van der Waals surface area contributed by atoms with Crippen LogP contribution in [0.5, 0.6) is 5.75 Å². The Labute approximate surface area is 129 Å². The summed E-state index contributed by atoms with van der Waals surface area (Å²) in [7, 11) is 0. The molecule has 0 radical (unpaired) electrons. The molecule has 1 aromatic carbocycles. The number of benzene rings is 1. The van der Waals surface area contributed by atoms with Crippen molar-refractivity contribution in [1.29, 1.82) is 0 Å². The summed E-state index contributed by atoms with van der Waals surface area (Å²) in [6.45, 7) is 1.52.